The van der Waals surface area contributed by atoms with Gasteiger partial charge in [-0.1, -0.05) is 80.4 Å². The Morgan fingerprint density at radius 3 is 2.45 bits per heavy atom. The molecule has 2 aromatic rings. The second kappa shape index (κ2) is 11.3. The molecule has 3 fully saturated rings. The Balaban J connectivity index is 1.46. The molecule has 5 rings (SSSR count). The van der Waals surface area contributed by atoms with Crippen molar-refractivity contribution in [3.05, 3.63) is 71.8 Å². The van der Waals surface area contributed by atoms with E-state index in [4.69, 9.17) is 4.74 Å². The molecule has 6 atom stereocenters. The molecule has 0 aromatic heterocycles. The molecule has 3 N–H and O–H groups in total. The highest BCUT2D eigenvalue weighted by atomic mass is 16.5. The minimum atomic E-state index is -1.09. The van der Waals surface area contributed by atoms with Gasteiger partial charge in [-0.2, -0.15) is 0 Å². The fourth-order valence-electron chi connectivity index (χ4n) is 6.64. The third-order valence-corrected chi connectivity index (χ3v) is 8.37. The van der Waals surface area contributed by atoms with E-state index < -0.39 is 35.6 Å². The summed E-state index contributed by atoms with van der Waals surface area (Å²) in [5, 5.41) is 16.5. The first kappa shape index (κ1) is 26.4. The lowest BCUT2D eigenvalue weighted by molar-refractivity contribution is -0.145. The van der Waals surface area contributed by atoms with E-state index in [0.29, 0.717) is 25.9 Å². The van der Waals surface area contributed by atoms with Crippen LogP contribution in [0.1, 0.15) is 56.2 Å². The van der Waals surface area contributed by atoms with Gasteiger partial charge in [-0.15, -0.1) is 0 Å². The summed E-state index contributed by atoms with van der Waals surface area (Å²) < 4.78 is 6.50. The van der Waals surface area contributed by atoms with Crippen LogP contribution in [0.4, 0.5) is 0 Å². The first-order chi connectivity index (χ1) is 18.5. The lowest BCUT2D eigenvalue weighted by Gasteiger charge is -2.36. The second-order valence-corrected chi connectivity index (χ2v) is 10.6. The Morgan fingerprint density at radius 1 is 1.05 bits per heavy atom. The van der Waals surface area contributed by atoms with Gasteiger partial charge in [0.05, 0.1) is 30.6 Å². The van der Waals surface area contributed by atoms with Crippen LogP contribution in [-0.2, 0) is 25.7 Å². The Hall–Kier alpha value is -3.23. The highest BCUT2D eigenvalue weighted by Gasteiger charge is 2.75. The summed E-state index contributed by atoms with van der Waals surface area (Å²) in [6, 6.07) is 17.2. The largest absolute Gasteiger partial charge is 0.394 e. The number of ether oxygens (including phenoxy) is 1. The predicted octanol–water partition coefficient (Wildman–Crippen LogP) is 2.72. The van der Waals surface area contributed by atoms with Crippen LogP contribution in [-0.4, -0.2) is 58.6 Å². The number of unbranched alkanes of at least 4 members (excludes halogenated alkanes) is 2. The zero-order chi connectivity index (χ0) is 26.7. The van der Waals surface area contributed by atoms with Gasteiger partial charge >= 0.3 is 0 Å². The molecule has 1 spiro atoms. The van der Waals surface area contributed by atoms with Crippen LogP contribution in [0.15, 0.2) is 60.7 Å². The van der Waals surface area contributed by atoms with Gasteiger partial charge in [0.1, 0.15) is 11.6 Å². The molecule has 38 heavy (non-hydrogen) atoms. The van der Waals surface area contributed by atoms with Crippen LogP contribution in [0, 0.1) is 11.8 Å². The number of fused-ring (bicyclic) bond motifs is 1. The molecule has 0 radical (unpaired) electrons. The smallest absolute Gasteiger partial charge is 0.245 e. The lowest BCUT2D eigenvalue weighted by Crippen LogP contribution is -2.56. The van der Waals surface area contributed by atoms with Crippen LogP contribution >= 0.6 is 0 Å². The summed E-state index contributed by atoms with van der Waals surface area (Å²) in [5.41, 5.74) is 0.615. The van der Waals surface area contributed by atoms with Gasteiger partial charge in [-0.05, 0) is 30.4 Å². The lowest BCUT2D eigenvalue weighted by atomic mass is 9.70. The fourth-order valence-corrected chi connectivity index (χ4v) is 6.64. The van der Waals surface area contributed by atoms with Crippen molar-refractivity contribution in [2.75, 3.05) is 13.2 Å². The minimum absolute atomic E-state index is 0.233. The van der Waals surface area contributed by atoms with Crippen LogP contribution in [0.25, 0.3) is 0 Å². The van der Waals surface area contributed by atoms with Crippen molar-refractivity contribution < 1.29 is 24.2 Å². The topological polar surface area (TPSA) is 108 Å². The molecule has 2 aromatic carbocycles. The SMILES string of the molecule is CCCCCNC(=O)C1N([C@H](CO)c2ccccc2)C(=O)[C@@H]2[C@H](C(=O)NCc3ccccc3)[C@@H]3CCC12O3. The number of aliphatic hydroxyl groups is 1. The van der Waals surface area contributed by atoms with Crippen molar-refractivity contribution in [2.24, 2.45) is 11.8 Å². The zero-order valence-electron chi connectivity index (χ0n) is 21.8. The second-order valence-electron chi connectivity index (χ2n) is 10.6. The molecular formula is C30H37N3O5. The number of benzene rings is 2. The average molecular weight is 520 g/mol. The van der Waals surface area contributed by atoms with Gasteiger partial charge in [0.15, 0.2) is 0 Å². The summed E-state index contributed by atoms with van der Waals surface area (Å²) in [5.74, 6) is -2.28. The van der Waals surface area contributed by atoms with Gasteiger partial charge in [0.25, 0.3) is 0 Å². The number of carbonyl (C=O) groups is 3. The van der Waals surface area contributed by atoms with Crippen LogP contribution in [0.2, 0.25) is 0 Å². The summed E-state index contributed by atoms with van der Waals surface area (Å²) in [7, 11) is 0. The molecule has 8 nitrogen and oxygen atoms in total. The van der Waals surface area contributed by atoms with E-state index in [1.807, 2.05) is 60.7 Å². The molecule has 0 aliphatic carbocycles. The maximum Gasteiger partial charge on any atom is 0.245 e. The molecule has 8 heteroatoms. The van der Waals surface area contributed by atoms with Gasteiger partial charge in [0, 0.05) is 13.1 Å². The van der Waals surface area contributed by atoms with Crippen molar-refractivity contribution >= 4 is 17.7 Å². The van der Waals surface area contributed by atoms with Crippen LogP contribution in [0.5, 0.6) is 0 Å². The number of aliphatic hydroxyl groups excluding tert-OH is 1. The monoisotopic (exact) mass is 519 g/mol. The standard InChI is InChI=1S/C30H37N3O5/c1-2-3-10-17-31-28(36)26-30-16-15-23(38-30)24(27(35)32-18-20-11-6-4-7-12-20)25(30)29(37)33(26)22(19-34)21-13-8-5-9-14-21/h4-9,11-14,22-26,34H,2-3,10,15-19H2,1H3,(H,31,36)(H,32,35)/t22-,23+,24-,25+,26?,30?/m1/s1. The van der Waals surface area contributed by atoms with Gasteiger partial charge in [-0.3, -0.25) is 14.4 Å². The molecule has 3 saturated heterocycles. The van der Waals surface area contributed by atoms with Gasteiger partial charge in [-0.25, -0.2) is 0 Å². The predicted molar refractivity (Wildman–Crippen MR) is 142 cm³/mol. The first-order valence-corrected chi connectivity index (χ1v) is 13.8. The van der Waals surface area contributed by atoms with Crippen molar-refractivity contribution in [3.8, 4) is 0 Å². The third-order valence-electron chi connectivity index (χ3n) is 8.37. The van der Waals surface area contributed by atoms with E-state index in [-0.39, 0.29) is 24.3 Å². The van der Waals surface area contributed by atoms with E-state index in [0.717, 1.165) is 30.4 Å². The number of nitrogens with one attached hydrogen (secondary N) is 2. The molecule has 3 aliphatic heterocycles. The Bertz CT molecular complexity index is 1140. The normalized spacial score (nSPS) is 28.3. The molecule has 202 valence electrons. The highest BCUT2D eigenvalue weighted by Crippen LogP contribution is 2.59. The first-order valence-electron chi connectivity index (χ1n) is 13.8. The average Bonchev–Trinajstić information content (AvgIpc) is 3.59. The van der Waals surface area contributed by atoms with Crippen LogP contribution in [0.3, 0.4) is 0 Å². The quantitative estimate of drug-likeness (QED) is 0.396. The van der Waals surface area contributed by atoms with E-state index in [2.05, 4.69) is 17.6 Å². The van der Waals surface area contributed by atoms with Crippen LogP contribution < -0.4 is 10.6 Å². The highest BCUT2D eigenvalue weighted by molar-refractivity contribution is 5.99. The molecular weight excluding hydrogens is 482 g/mol. The van der Waals surface area contributed by atoms with Gasteiger partial charge < -0.3 is 25.4 Å². The van der Waals surface area contributed by atoms with E-state index in [9.17, 15) is 19.5 Å². The van der Waals surface area contributed by atoms with Crippen molar-refractivity contribution in [3.63, 3.8) is 0 Å². The molecule has 3 heterocycles. The summed E-state index contributed by atoms with van der Waals surface area (Å²) in [4.78, 5) is 43.0. The fraction of sp³-hybridized carbons (Fsp3) is 0.500. The minimum Gasteiger partial charge on any atom is -0.394 e. The Kier molecular flexibility index (Phi) is 7.81. The van der Waals surface area contributed by atoms with E-state index in [1.165, 1.54) is 4.90 Å². The molecule has 2 unspecified atom stereocenters. The van der Waals surface area contributed by atoms with E-state index in [1.54, 1.807) is 0 Å². The van der Waals surface area contributed by atoms with Crippen molar-refractivity contribution in [2.45, 2.75) is 69.4 Å². The molecule has 3 amide bonds. The van der Waals surface area contributed by atoms with E-state index >= 15 is 0 Å². The Labute approximate surface area is 223 Å². The zero-order valence-corrected chi connectivity index (χ0v) is 21.8. The van der Waals surface area contributed by atoms with Crippen molar-refractivity contribution in [1.29, 1.82) is 0 Å². The number of rotatable bonds is 11. The van der Waals surface area contributed by atoms with Crippen molar-refractivity contribution in [1.82, 2.24) is 15.5 Å². The number of hydrogen-bond donors (Lipinski definition) is 3. The number of hydrogen-bond acceptors (Lipinski definition) is 5. The molecule has 3 aliphatic rings. The summed E-state index contributed by atoms with van der Waals surface area (Å²) >= 11 is 0. The number of carbonyl (C=O) groups excluding carboxylic acids is 3. The third kappa shape index (κ3) is 4.60. The maximum atomic E-state index is 14.2. The number of amides is 3. The Morgan fingerprint density at radius 2 is 1.76 bits per heavy atom. The molecule has 2 bridgehead atoms. The van der Waals surface area contributed by atoms with Gasteiger partial charge in [0.2, 0.25) is 17.7 Å². The number of likely N-dealkylation sites (tertiary alicyclic amines) is 1. The molecule has 0 saturated carbocycles. The summed E-state index contributed by atoms with van der Waals surface area (Å²) in [6.45, 7) is 2.62. The summed E-state index contributed by atoms with van der Waals surface area (Å²) in [6.07, 6.45) is 3.58. The maximum absolute atomic E-state index is 14.2. The number of nitrogens with zero attached hydrogens (tertiary/aromatic N) is 1.